The summed E-state index contributed by atoms with van der Waals surface area (Å²) in [7, 11) is 3.25. The zero-order valence-electron chi connectivity index (χ0n) is 13.5. The summed E-state index contributed by atoms with van der Waals surface area (Å²) in [6.07, 6.45) is -0.967. The molecule has 1 unspecified atom stereocenters. The Bertz CT molecular complexity index is 732. The first-order chi connectivity index (χ1) is 11.4. The number of halogens is 1. The fraction of sp³-hybridized carbons (Fsp3) is 0.222. The molecule has 0 aliphatic rings. The second-order valence-electron chi connectivity index (χ2n) is 5.57. The highest BCUT2D eigenvalue weighted by Gasteiger charge is 2.16. The van der Waals surface area contributed by atoms with Gasteiger partial charge >= 0.3 is 0 Å². The molecule has 0 fully saturated rings. The van der Waals surface area contributed by atoms with Crippen molar-refractivity contribution in [1.29, 1.82) is 0 Å². The molecule has 6 heteroatoms. The molecule has 2 amide bonds. The number of nitrogens with one attached hydrogen (secondary N) is 1. The van der Waals surface area contributed by atoms with Crippen LogP contribution in [0.15, 0.2) is 48.5 Å². The van der Waals surface area contributed by atoms with Crippen molar-refractivity contribution in [3.05, 3.63) is 64.7 Å². The van der Waals surface area contributed by atoms with Crippen molar-refractivity contribution >= 4 is 29.1 Å². The van der Waals surface area contributed by atoms with E-state index in [1.165, 1.54) is 11.0 Å². The highest BCUT2D eigenvalue weighted by molar-refractivity contribution is 6.34. The van der Waals surface area contributed by atoms with Gasteiger partial charge in [0.05, 0.1) is 23.1 Å². The van der Waals surface area contributed by atoms with Gasteiger partial charge in [-0.1, -0.05) is 41.9 Å². The molecule has 0 aliphatic carbocycles. The molecule has 2 aromatic rings. The van der Waals surface area contributed by atoms with Crippen LogP contribution in [0.3, 0.4) is 0 Å². The zero-order chi connectivity index (χ0) is 17.7. The number of carbonyl (C=O) groups is 2. The Morgan fingerprint density at radius 3 is 2.46 bits per heavy atom. The van der Waals surface area contributed by atoms with Gasteiger partial charge in [-0.3, -0.25) is 9.59 Å². The van der Waals surface area contributed by atoms with Crippen LogP contribution in [0.1, 0.15) is 28.4 Å². The number of hydrogen-bond acceptors (Lipinski definition) is 3. The van der Waals surface area contributed by atoms with E-state index in [4.69, 9.17) is 11.6 Å². The topological polar surface area (TPSA) is 69.6 Å². The summed E-state index contributed by atoms with van der Waals surface area (Å²) in [6.45, 7) is 0. The molecule has 2 rings (SSSR count). The smallest absolute Gasteiger partial charge is 0.254 e. The standard InChI is InChI=1S/C18H19ClN2O3/c1-21(2)18(24)14-10-13(8-9-15(14)19)20-17(23)11-16(22)12-6-4-3-5-7-12/h3-10,16,22H,11H2,1-2H3,(H,20,23). The Morgan fingerprint density at radius 1 is 1.17 bits per heavy atom. The van der Waals surface area contributed by atoms with Crippen LogP contribution >= 0.6 is 11.6 Å². The van der Waals surface area contributed by atoms with Gasteiger partial charge in [-0.05, 0) is 23.8 Å². The van der Waals surface area contributed by atoms with Gasteiger partial charge in [-0.2, -0.15) is 0 Å². The molecule has 0 spiro atoms. The fourth-order valence-corrected chi connectivity index (χ4v) is 2.39. The van der Waals surface area contributed by atoms with Crippen LogP contribution in [0.5, 0.6) is 0 Å². The Labute approximate surface area is 145 Å². The van der Waals surface area contributed by atoms with Crippen LogP contribution in [-0.4, -0.2) is 35.9 Å². The first-order valence-corrected chi connectivity index (χ1v) is 7.80. The third-order valence-corrected chi connectivity index (χ3v) is 3.78. The van der Waals surface area contributed by atoms with Crippen molar-refractivity contribution in [2.45, 2.75) is 12.5 Å². The molecule has 0 radical (unpaired) electrons. The van der Waals surface area contributed by atoms with E-state index in [1.807, 2.05) is 6.07 Å². The molecule has 0 aliphatic heterocycles. The second kappa shape index (κ2) is 7.95. The number of aliphatic hydroxyl groups excluding tert-OH is 1. The maximum absolute atomic E-state index is 12.1. The highest BCUT2D eigenvalue weighted by Crippen LogP contribution is 2.23. The van der Waals surface area contributed by atoms with Crippen molar-refractivity contribution < 1.29 is 14.7 Å². The Morgan fingerprint density at radius 2 is 1.83 bits per heavy atom. The molecule has 1 atom stereocenters. The first-order valence-electron chi connectivity index (χ1n) is 7.42. The molecule has 24 heavy (non-hydrogen) atoms. The molecule has 5 nitrogen and oxygen atoms in total. The highest BCUT2D eigenvalue weighted by atomic mass is 35.5. The van der Waals surface area contributed by atoms with Gasteiger partial charge in [0.2, 0.25) is 5.91 Å². The second-order valence-corrected chi connectivity index (χ2v) is 5.98. The maximum atomic E-state index is 12.1. The van der Waals surface area contributed by atoms with Crippen molar-refractivity contribution in [3.8, 4) is 0 Å². The number of nitrogens with zero attached hydrogens (tertiary/aromatic N) is 1. The van der Waals surface area contributed by atoms with Crippen molar-refractivity contribution in [3.63, 3.8) is 0 Å². The molecule has 2 aromatic carbocycles. The predicted octanol–water partition coefficient (Wildman–Crippen LogP) is 3.10. The Hall–Kier alpha value is -2.37. The van der Waals surface area contributed by atoms with Crippen LogP contribution < -0.4 is 5.32 Å². The minimum atomic E-state index is -0.888. The van der Waals surface area contributed by atoms with E-state index < -0.39 is 6.10 Å². The number of benzene rings is 2. The number of anilines is 1. The zero-order valence-corrected chi connectivity index (χ0v) is 14.2. The number of amides is 2. The van der Waals surface area contributed by atoms with E-state index in [9.17, 15) is 14.7 Å². The largest absolute Gasteiger partial charge is 0.388 e. The molecular formula is C18H19ClN2O3. The van der Waals surface area contributed by atoms with Gasteiger partial charge in [0, 0.05) is 19.8 Å². The van der Waals surface area contributed by atoms with E-state index in [0.29, 0.717) is 21.8 Å². The van der Waals surface area contributed by atoms with Crippen LogP contribution in [0.4, 0.5) is 5.69 Å². The first kappa shape index (κ1) is 18.0. The van der Waals surface area contributed by atoms with Gasteiger partial charge in [-0.15, -0.1) is 0 Å². The van der Waals surface area contributed by atoms with E-state index in [0.717, 1.165) is 0 Å². The van der Waals surface area contributed by atoms with Crippen LogP contribution in [0.25, 0.3) is 0 Å². The Balaban J connectivity index is 2.07. The molecular weight excluding hydrogens is 328 g/mol. The summed E-state index contributed by atoms with van der Waals surface area (Å²) in [5.74, 6) is -0.600. The summed E-state index contributed by atoms with van der Waals surface area (Å²) in [5, 5.41) is 13.1. The average Bonchev–Trinajstić information content (AvgIpc) is 2.56. The van der Waals surface area contributed by atoms with Crippen LogP contribution in [-0.2, 0) is 4.79 Å². The lowest BCUT2D eigenvalue weighted by Crippen LogP contribution is -2.22. The van der Waals surface area contributed by atoms with Crippen molar-refractivity contribution in [1.82, 2.24) is 4.90 Å². The summed E-state index contributed by atoms with van der Waals surface area (Å²) in [6, 6.07) is 13.7. The van der Waals surface area contributed by atoms with Gasteiger partial charge in [0.15, 0.2) is 0 Å². The third-order valence-electron chi connectivity index (χ3n) is 3.45. The molecule has 126 valence electrons. The van der Waals surface area contributed by atoms with Crippen LogP contribution in [0, 0.1) is 0 Å². The lowest BCUT2D eigenvalue weighted by Gasteiger charge is -2.14. The molecule has 0 saturated heterocycles. The predicted molar refractivity (Wildman–Crippen MR) is 94.1 cm³/mol. The summed E-state index contributed by atoms with van der Waals surface area (Å²) in [4.78, 5) is 25.6. The molecule has 0 saturated carbocycles. The van der Waals surface area contributed by atoms with Gasteiger partial charge in [0.1, 0.15) is 0 Å². The van der Waals surface area contributed by atoms with E-state index in [2.05, 4.69) is 5.32 Å². The quantitative estimate of drug-likeness (QED) is 0.874. The number of aliphatic hydroxyl groups is 1. The number of hydrogen-bond donors (Lipinski definition) is 2. The van der Waals surface area contributed by atoms with Crippen molar-refractivity contribution in [2.75, 3.05) is 19.4 Å². The van der Waals surface area contributed by atoms with E-state index >= 15 is 0 Å². The normalized spacial score (nSPS) is 11.7. The summed E-state index contributed by atoms with van der Waals surface area (Å²) < 4.78 is 0. The van der Waals surface area contributed by atoms with Gasteiger partial charge in [-0.25, -0.2) is 0 Å². The van der Waals surface area contributed by atoms with Gasteiger partial charge in [0.25, 0.3) is 5.91 Å². The maximum Gasteiger partial charge on any atom is 0.254 e. The summed E-state index contributed by atoms with van der Waals surface area (Å²) in [5.41, 5.74) is 1.44. The van der Waals surface area contributed by atoms with Crippen LogP contribution in [0.2, 0.25) is 5.02 Å². The lowest BCUT2D eigenvalue weighted by atomic mass is 10.1. The van der Waals surface area contributed by atoms with E-state index in [-0.39, 0.29) is 18.2 Å². The average molecular weight is 347 g/mol. The minimum absolute atomic E-state index is 0.0798. The lowest BCUT2D eigenvalue weighted by molar-refractivity contribution is -0.118. The minimum Gasteiger partial charge on any atom is -0.388 e. The number of rotatable bonds is 5. The molecule has 0 heterocycles. The van der Waals surface area contributed by atoms with E-state index in [1.54, 1.807) is 50.5 Å². The SMILES string of the molecule is CN(C)C(=O)c1cc(NC(=O)CC(O)c2ccccc2)ccc1Cl. The van der Waals surface area contributed by atoms with Crippen molar-refractivity contribution in [2.24, 2.45) is 0 Å². The van der Waals surface area contributed by atoms with Gasteiger partial charge < -0.3 is 15.3 Å². The Kier molecular flexibility index (Phi) is 5.95. The molecule has 0 bridgehead atoms. The molecule has 0 aromatic heterocycles. The third kappa shape index (κ3) is 4.57. The summed E-state index contributed by atoms with van der Waals surface area (Å²) >= 11 is 6.04. The monoisotopic (exact) mass is 346 g/mol. The molecule has 2 N–H and O–H groups in total. The number of carbonyl (C=O) groups excluding carboxylic acids is 2. The fourth-order valence-electron chi connectivity index (χ4n) is 2.19.